The van der Waals surface area contributed by atoms with Crippen molar-refractivity contribution in [1.29, 1.82) is 0 Å². The van der Waals surface area contributed by atoms with Crippen LogP contribution >= 0.6 is 11.6 Å². The molecular weight excluding hydrogens is 298 g/mol. The monoisotopic (exact) mass is 315 g/mol. The topological polar surface area (TPSA) is 67.5 Å². The molecule has 0 aliphatic carbocycles. The molecule has 0 radical (unpaired) electrons. The Morgan fingerprint density at radius 3 is 2.68 bits per heavy atom. The van der Waals surface area contributed by atoms with Crippen molar-refractivity contribution in [2.75, 3.05) is 11.2 Å². The van der Waals surface area contributed by atoms with Crippen molar-refractivity contribution in [2.45, 2.75) is 13.8 Å². The number of hydrogen-bond acceptors (Lipinski definition) is 2. The third-order valence-corrected chi connectivity index (χ3v) is 3.46. The van der Waals surface area contributed by atoms with Gasteiger partial charge in [0.15, 0.2) is 0 Å². The van der Waals surface area contributed by atoms with E-state index in [0.717, 1.165) is 16.8 Å². The van der Waals surface area contributed by atoms with Crippen LogP contribution in [0.2, 0.25) is 0 Å². The molecule has 0 heterocycles. The summed E-state index contributed by atoms with van der Waals surface area (Å²) >= 11 is 5.65. The second-order valence-corrected chi connectivity index (χ2v) is 5.29. The zero-order valence-corrected chi connectivity index (χ0v) is 13.3. The van der Waals surface area contributed by atoms with E-state index < -0.39 is 0 Å². The molecule has 0 fully saturated rings. The van der Waals surface area contributed by atoms with Crippen LogP contribution in [0.15, 0.2) is 47.5 Å². The summed E-state index contributed by atoms with van der Waals surface area (Å²) in [5, 5.41) is 2.92. The average Bonchev–Trinajstić information content (AvgIpc) is 2.51. The number of aliphatic imine (C=N–C) groups is 1. The van der Waals surface area contributed by atoms with Gasteiger partial charge in [0, 0.05) is 5.69 Å². The number of carbonyl (C=O) groups is 1. The number of amides is 1. The molecule has 4 nitrogen and oxygen atoms in total. The first-order valence-corrected chi connectivity index (χ1v) is 7.41. The fourth-order valence-corrected chi connectivity index (χ4v) is 2.07. The van der Waals surface area contributed by atoms with Gasteiger partial charge in [0.1, 0.15) is 5.84 Å². The van der Waals surface area contributed by atoms with E-state index in [1.165, 1.54) is 0 Å². The van der Waals surface area contributed by atoms with Crippen molar-refractivity contribution < 1.29 is 4.79 Å². The quantitative estimate of drug-likeness (QED) is 0.512. The zero-order valence-electron chi connectivity index (χ0n) is 12.6. The Hall–Kier alpha value is -2.33. The highest BCUT2D eigenvalue weighted by Crippen LogP contribution is 2.22. The first kappa shape index (κ1) is 16.0. The lowest BCUT2D eigenvalue weighted by atomic mass is 10.1. The molecule has 0 aromatic heterocycles. The van der Waals surface area contributed by atoms with Gasteiger partial charge in [-0.05, 0) is 43.2 Å². The lowest BCUT2D eigenvalue weighted by Gasteiger charge is -2.11. The number of anilines is 1. The largest absolute Gasteiger partial charge is 0.386 e. The highest BCUT2D eigenvalue weighted by atomic mass is 35.5. The maximum Gasteiger partial charge on any atom is 0.257 e. The number of nitrogens with zero attached hydrogens (tertiary/aromatic N) is 1. The number of aryl methyl sites for hydroxylation is 2. The van der Waals surface area contributed by atoms with E-state index in [-0.39, 0.29) is 17.6 Å². The van der Waals surface area contributed by atoms with Gasteiger partial charge in [-0.15, -0.1) is 11.6 Å². The summed E-state index contributed by atoms with van der Waals surface area (Å²) in [5.41, 5.74) is 9.48. The molecule has 2 aromatic carbocycles. The van der Waals surface area contributed by atoms with E-state index in [2.05, 4.69) is 10.3 Å². The van der Waals surface area contributed by atoms with Gasteiger partial charge in [-0.3, -0.25) is 4.79 Å². The highest BCUT2D eigenvalue weighted by molar-refractivity contribution is 6.28. The van der Waals surface area contributed by atoms with E-state index in [1.54, 1.807) is 24.3 Å². The fraction of sp³-hybridized carbons (Fsp3) is 0.176. The number of halogens is 1. The van der Waals surface area contributed by atoms with Crippen LogP contribution in [0, 0.1) is 13.8 Å². The zero-order chi connectivity index (χ0) is 16.1. The number of carbonyl (C=O) groups excluding carboxylic acids is 1. The maximum absolute atomic E-state index is 12.5. The van der Waals surface area contributed by atoms with Crippen LogP contribution in [0.3, 0.4) is 0 Å². The van der Waals surface area contributed by atoms with Crippen molar-refractivity contribution in [3.05, 3.63) is 59.2 Å². The van der Waals surface area contributed by atoms with E-state index in [4.69, 9.17) is 17.3 Å². The van der Waals surface area contributed by atoms with Gasteiger partial charge < -0.3 is 11.1 Å². The molecule has 5 heteroatoms. The molecule has 2 rings (SSSR count). The molecule has 0 saturated carbocycles. The minimum atomic E-state index is -0.226. The van der Waals surface area contributed by atoms with Gasteiger partial charge in [-0.1, -0.05) is 24.3 Å². The predicted molar refractivity (Wildman–Crippen MR) is 92.3 cm³/mol. The van der Waals surface area contributed by atoms with Gasteiger partial charge in [-0.2, -0.15) is 0 Å². The summed E-state index contributed by atoms with van der Waals surface area (Å²) < 4.78 is 0. The van der Waals surface area contributed by atoms with Crippen LogP contribution in [-0.4, -0.2) is 17.6 Å². The van der Waals surface area contributed by atoms with Crippen molar-refractivity contribution in [3.8, 4) is 0 Å². The molecule has 22 heavy (non-hydrogen) atoms. The lowest BCUT2D eigenvalue weighted by Crippen LogP contribution is -2.15. The van der Waals surface area contributed by atoms with E-state index >= 15 is 0 Å². The van der Waals surface area contributed by atoms with E-state index in [9.17, 15) is 4.79 Å². The Morgan fingerprint density at radius 2 is 1.95 bits per heavy atom. The van der Waals surface area contributed by atoms with Crippen molar-refractivity contribution in [1.82, 2.24) is 0 Å². The summed E-state index contributed by atoms with van der Waals surface area (Å²) in [4.78, 5) is 16.7. The van der Waals surface area contributed by atoms with Crippen molar-refractivity contribution >= 4 is 34.7 Å². The summed E-state index contributed by atoms with van der Waals surface area (Å²) in [6.45, 7) is 3.93. The SMILES string of the molecule is Cc1ccc(C)c(NC(=O)c2ccccc2N=C(N)CCl)c1. The maximum atomic E-state index is 12.5. The van der Waals surface area contributed by atoms with Crippen LogP contribution in [0.25, 0.3) is 0 Å². The number of hydrogen-bond donors (Lipinski definition) is 2. The average molecular weight is 316 g/mol. The molecule has 3 N–H and O–H groups in total. The Labute approximate surface area is 135 Å². The Kier molecular flexibility index (Phi) is 5.17. The first-order chi connectivity index (χ1) is 10.5. The summed E-state index contributed by atoms with van der Waals surface area (Å²) in [7, 11) is 0. The molecular formula is C17H18ClN3O. The summed E-state index contributed by atoms with van der Waals surface area (Å²) in [5.74, 6) is 0.163. The third-order valence-electron chi connectivity index (χ3n) is 3.19. The van der Waals surface area contributed by atoms with Gasteiger partial charge >= 0.3 is 0 Å². The fourth-order valence-electron chi connectivity index (χ4n) is 2.01. The van der Waals surface area contributed by atoms with Crippen molar-refractivity contribution in [2.24, 2.45) is 10.7 Å². The Bertz CT molecular complexity index is 726. The third kappa shape index (κ3) is 3.86. The van der Waals surface area contributed by atoms with Gasteiger partial charge in [0.05, 0.1) is 17.1 Å². The molecule has 0 spiro atoms. The Morgan fingerprint density at radius 1 is 1.23 bits per heavy atom. The van der Waals surface area contributed by atoms with E-state index in [1.807, 2.05) is 32.0 Å². The van der Waals surface area contributed by atoms with Crippen LogP contribution in [0.5, 0.6) is 0 Å². The minimum absolute atomic E-state index is 0.118. The standard InChI is InChI=1S/C17H18ClN3O/c1-11-7-8-12(2)15(9-11)21-17(22)13-5-3-4-6-14(13)20-16(19)10-18/h3-9H,10H2,1-2H3,(H2,19,20)(H,21,22). The number of nitrogens with one attached hydrogen (secondary N) is 1. The van der Waals surface area contributed by atoms with Gasteiger partial charge in [0.25, 0.3) is 5.91 Å². The second-order valence-electron chi connectivity index (χ2n) is 5.03. The normalized spacial score (nSPS) is 11.3. The highest BCUT2D eigenvalue weighted by Gasteiger charge is 2.12. The smallest absolute Gasteiger partial charge is 0.257 e. The van der Waals surface area contributed by atoms with Crippen molar-refractivity contribution in [3.63, 3.8) is 0 Å². The number of benzene rings is 2. The molecule has 0 unspecified atom stereocenters. The van der Waals surface area contributed by atoms with Crippen LogP contribution in [-0.2, 0) is 0 Å². The molecule has 0 aliphatic rings. The Balaban J connectivity index is 2.32. The van der Waals surface area contributed by atoms with Crippen LogP contribution in [0.4, 0.5) is 11.4 Å². The molecule has 114 valence electrons. The molecule has 0 saturated heterocycles. The predicted octanol–water partition coefficient (Wildman–Crippen LogP) is 3.78. The summed E-state index contributed by atoms with van der Waals surface area (Å²) in [6, 6.07) is 12.9. The number of amidine groups is 1. The van der Waals surface area contributed by atoms with Gasteiger partial charge in [-0.25, -0.2) is 4.99 Å². The molecule has 2 aromatic rings. The van der Waals surface area contributed by atoms with Crippen LogP contribution in [0.1, 0.15) is 21.5 Å². The van der Waals surface area contributed by atoms with E-state index in [0.29, 0.717) is 11.3 Å². The number of alkyl halides is 1. The number of para-hydroxylation sites is 1. The molecule has 0 atom stereocenters. The lowest BCUT2D eigenvalue weighted by molar-refractivity contribution is 0.102. The first-order valence-electron chi connectivity index (χ1n) is 6.88. The number of rotatable bonds is 4. The van der Waals surface area contributed by atoms with Gasteiger partial charge in [0.2, 0.25) is 0 Å². The summed E-state index contributed by atoms with van der Waals surface area (Å²) in [6.07, 6.45) is 0. The second kappa shape index (κ2) is 7.09. The minimum Gasteiger partial charge on any atom is -0.386 e. The number of nitrogens with two attached hydrogens (primary N) is 1. The van der Waals surface area contributed by atoms with Crippen LogP contribution < -0.4 is 11.1 Å². The molecule has 0 bridgehead atoms. The molecule has 1 amide bonds. The molecule has 0 aliphatic heterocycles.